The minimum atomic E-state index is -1.16. The number of carbonyl (C=O) groups is 2. The highest BCUT2D eigenvalue weighted by Crippen LogP contribution is 2.35. The fraction of sp³-hybridized carbons (Fsp3) is 0.467. The van der Waals surface area contributed by atoms with Gasteiger partial charge in [-0.25, -0.2) is 0 Å². The Balaban J connectivity index is 2.02. The van der Waals surface area contributed by atoms with Crippen LogP contribution in [0.1, 0.15) is 31.4 Å². The van der Waals surface area contributed by atoms with Crippen molar-refractivity contribution in [1.82, 2.24) is 0 Å². The molecular weight excluding hydrogens is 244 g/mol. The molecule has 1 aromatic carbocycles. The minimum absolute atomic E-state index is 0.197. The summed E-state index contributed by atoms with van der Waals surface area (Å²) in [4.78, 5) is 22.0. The lowest BCUT2D eigenvalue weighted by Gasteiger charge is -2.31. The number of carboxylic acid groups (broad SMARTS) is 1. The van der Waals surface area contributed by atoms with Gasteiger partial charge in [-0.2, -0.15) is 0 Å². The normalized spacial score (nSPS) is 15.1. The number of carboxylic acids is 1. The molecule has 4 heteroatoms. The molecular formula is C15H18O4. The summed E-state index contributed by atoms with van der Waals surface area (Å²) >= 11 is 0. The Morgan fingerprint density at radius 1 is 1.26 bits per heavy atom. The minimum Gasteiger partial charge on any atom is -0.481 e. The number of rotatable bonds is 4. The van der Waals surface area contributed by atoms with E-state index >= 15 is 0 Å². The van der Waals surface area contributed by atoms with Gasteiger partial charge in [0, 0.05) is 5.92 Å². The second-order valence-corrected chi connectivity index (χ2v) is 5.52. The number of hydrogen-bond donors (Lipinski definition) is 1. The summed E-state index contributed by atoms with van der Waals surface area (Å²) in [5.74, 6) is -1.63. The Bertz CT molecular complexity index is 480. The Kier molecular flexibility index (Phi) is 3.60. The van der Waals surface area contributed by atoms with E-state index in [0.29, 0.717) is 0 Å². The van der Waals surface area contributed by atoms with Gasteiger partial charge in [0.25, 0.3) is 0 Å². The Morgan fingerprint density at radius 3 is 2.26 bits per heavy atom. The maximum atomic E-state index is 11.5. The van der Waals surface area contributed by atoms with Crippen LogP contribution >= 0.6 is 0 Å². The van der Waals surface area contributed by atoms with E-state index in [0.717, 1.165) is 12.8 Å². The first-order valence-corrected chi connectivity index (χ1v) is 6.39. The van der Waals surface area contributed by atoms with Crippen LogP contribution in [0.2, 0.25) is 0 Å². The van der Waals surface area contributed by atoms with Crippen molar-refractivity contribution in [2.24, 2.45) is 5.92 Å². The first-order chi connectivity index (χ1) is 8.88. The molecule has 0 fully saturated rings. The van der Waals surface area contributed by atoms with Crippen LogP contribution in [0.4, 0.5) is 0 Å². The number of hydrogen-bond acceptors (Lipinski definition) is 3. The quantitative estimate of drug-likeness (QED) is 0.667. The molecule has 0 heterocycles. The van der Waals surface area contributed by atoms with Crippen LogP contribution < -0.4 is 0 Å². The zero-order valence-electron chi connectivity index (χ0n) is 11.2. The van der Waals surface area contributed by atoms with E-state index in [-0.39, 0.29) is 5.92 Å². The molecule has 0 amide bonds. The van der Waals surface area contributed by atoms with Crippen LogP contribution in [0, 0.1) is 5.92 Å². The largest absolute Gasteiger partial charge is 0.481 e. The van der Waals surface area contributed by atoms with Crippen LogP contribution in [0.3, 0.4) is 0 Å². The summed E-state index contributed by atoms with van der Waals surface area (Å²) in [7, 11) is 0. The number of esters is 1. The summed E-state index contributed by atoms with van der Waals surface area (Å²) in [6, 6.07) is 8.18. The molecule has 0 saturated carbocycles. The lowest BCUT2D eigenvalue weighted by molar-refractivity contribution is -0.165. The summed E-state index contributed by atoms with van der Waals surface area (Å²) in [5, 5.41) is 8.59. The molecule has 1 N–H and O–H groups in total. The van der Waals surface area contributed by atoms with Gasteiger partial charge in [-0.3, -0.25) is 9.59 Å². The van der Waals surface area contributed by atoms with Gasteiger partial charge in [-0.15, -0.1) is 0 Å². The van der Waals surface area contributed by atoms with Gasteiger partial charge in [-0.05, 0) is 37.8 Å². The van der Waals surface area contributed by atoms with Gasteiger partial charge in [-0.1, -0.05) is 24.3 Å². The van der Waals surface area contributed by atoms with Gasteiger partial charge in [0.15, 0.2) is 0 Å². The topological polar surface area (TPSA) is 63.6 Å². The molecule has 0 aromatic heterocycles. The maximum absolute atomic E-state index is 11.5. The molecule has 0 spiro atoms. The zero-order valence-corrected chi connectivity index (χ0v) is 11.2. The highest BCUT2D eigenvalue weighted by molar-refractivity contribution is 5.90. The third-order valence-corrected chi connectivity index (χ3v) is 3.71. The average molecular weight is 262 g/mol. The number of fused-ring (bicyclic) bond motifs is 1. The molecule has 102 valence electrons. The predicted molar refractivity (Wildman–Crippen MR) is 69.8 cm³/mol. The van der Waals surface area contributed by atoms with E-state index in [1.807, 2.05) is 26.0 Å². The molecule has 0 aliphatic heterocycles. The van der Waals surface area contributed by atoms with Gasteiger partial charge in [0.2, 0.25) is 0 Å². The van der Waals surface area contributed by atoms with E-state index in [9.17, 15) is 9.59 Å². The average Bonchev–Trinajstić information content (AvgIpc) is 2.71. The van der Waals surface area contributed by atoms with E-state index in [1.165, 1.54) is 11.1 Å². The van der Waals surface area contributed by atoms with E-state index < -0.39 is 24.0 Å². The molecule has 1 aliphatic carbocycles. The van der Waals surface area contributed by atoms with E-state index in [4.69, 9.17) is 9.84 Å². The summed E-state index contributed by atoms with van der Waals surface area (Å²) in [6.07, 6.45) is 1.15. The second-order valence-electron chi connectivity index (χ2n) is 5.52. The lowest BCUT2D eigenvalue weighted by Crippen LogP contribution is -2.37. The molecule has 19 heavy (non-hydrogen) atoms. The van der Waals surface area contributed by atoms with Crippen LogP contribution in [0.5, 0.6) is 0 Å². The van der Waals surface area contributed by atoms with Gasteiger partial charge in [0.1, 0.15) is 12.0 Å². The van der Waals surface area contributed by atoms with Crippen LogP contribution in [-0.4, -0.2) is 22.6 Å². The third-order valence-electron chi connectivity index (χ3n) is 3.71. The number of aliphatic carboxylic acids is 1. The maximum Gasteiger partial charge on any atom is 0.317 e. The summed E-state index contributed by atoms with van der Waals surface area (Å²) in [6.45, 7) is 3.70. The van der Waals surface area contributed by atoms with Gasteiger partial charge >= 0.3 is 11.9 Å². The summed E-state index contributed by atoms with van der Waals surface area (Å²) in [5.41, 5.74) is 1.93. The van der Waals surface area contributed by atoms with Gasteiger partial charge < -0.3 is 9.84 Å². The molecule has 1 aromatic rings. The van der Waals surface area contributed by atoms with Crippen molar-refractivity contribution >= 4 is 11.9 Å². The van der Waals surface area contributed by atoms with Crippen LogP contribution in [0.25, 0.3) is 0 Å². The molecule has 0 radical (unpaired) electrons. The Labute approximate surface area is 112 Å². The highest BCUT2D eigenvalue weighted by Gasteiger charge is 2.37. The molecule has 0 atom stereocenters. The van der Waals surface area contributed by atoms with Crippen molar-refractivity contribution < 1.29 is 19.4 Å². The zero-order chi connectivity index (χ0) is 14.0. The lowest BCUT2D eigenvalue weighted by atomic mass is 9.88. The number of benzene rings is 1. The predicted octanol–water partition coefficient (Wildman–Crippen LogP) is 2.20. The van der Waals surface area contributed by atoms with Crippen molar-refractivity contribution in [1.29, 1.82) is 0 Å². The molecule has 0 saturated heterocycles. The van der Waals surface area contributed by atoms with Crippen LogP contribution in [0.15, 0.2) is 24.3 Å². The first-order valence-electron chi connectivity index (χ1n) is 6.39. The first kappa shape index (κ1) is 13.6. The second kappa shape index (κ2) is 5.03. The molecule has 1 aliphatic rings. The molecule has 2 rings (SSSR count). The fourth-order valence-corrected chi connectivity index (χ4v) is 2.59. The van der Waals surface area contributed by atoms with Crippen molar-refractivity contribution in [3.63, 3.8) is 0 Å². The SMILES string of the molecule is CC(C)(OC(=O)CC(=O)O)C1Cc2ccccc2C1. The Hall–Kier alpha value is -1.84. The summed E-state index contributed by atoms with van der Waals surface area (Å²) < 4.78 is 5.34. The smallest absolute Gasteiger partial charge is 0.317 e. The highest BCUT2D eigenvalue weighted by atomic mass is 16.6. The van der Waals surface area contributed by atoms with Gasteiger partial charge in [0.05, 0.1) is 0 Å². The van der Waals surface area contributed by atoms with E-state index in [1.54, 1.807) is 0 Å². The fourth-order valence-electron chi connectivity index (χ4n) is 2.59. The van der Waals surface area contributed by atoms with Crippen LogP contribution in [-0.2, 0) is 27.2 Å². The monoisotopic (exact) mass is 262 g/mol. The van der Waals surface area contributed by atoms with Crippen molar-refractivity contribution in [3.05, 3.63) is 35.4 Å². The molecule has 0 unspecified atom stereocenters. The van der Waals surface area contributed by atoms with Crippen molar-refractivity contribution in [2.45, 2.75) is 38.7 Å². The van der Waals surface area contributed by atoms with E-state index in [2.05, 4.69) is 12.1 Å². The molecule has 0 bridgehead atoms. The number of ether oxygens (including phenoxy) is 1. The third kappa shape index (κ3) is 3.13. The Morgan fingerprint density at radius 2 is 1.79 bits per heavy atom. The standard InChI is InChI=1S/C15H18O4/c1-15(2,19-14(18)9-13(16)17)12-7-10-5-3-4-6-11(10)8-12/h3-6,12H,7-9H2,1-2H3,(H,16,17). The van der Waals surface area contributed by atoms with Crippen molar-refractivity contribution in [3.8, 4) is 0 Å². The van der Waals surface area contributed by atoms with Crippen molar-refractivity contribution in [2.75, 3.05) is 0 Å². The molecule has 4 nitrogen and oxygen atoms in total. The number of carbonyl (C=O) groups excluding carboxylic acids is 1.